The predicted molar refractivity (Wildman–Crippen MR) is 82.8 cm³/mol. The smallest absolute Gasteiger partial charge is 0.228 e. The Kier molecular flexibility index (Phi) is 4.17. The number of fused-ring (bicyclic) bond motifs is 1. The Bertz CT molecular complexity index is 546. The van der Waals surface area contributed by atoms with Crippen LogP contribution in [0.25, 0.3) is 0 Å². The summed E-state index contributed by atoms with van der Waals surface area (Å²) in [7, 11) is 3.28. The van der Waals surface area contributed by atoms with Gasteiger partial charge in [0.1, 0.15) is 0 Å². The number of hydrogen-bond donors (Lipinski definition) is 0. The molecule has 0 fully saturated rings. The summed E-state index contributed by atoms with van der Waals surface area (Å²) in [5.41, 5.74) is 2.03. The van der Waals surface area contributed by atoms with Gasteiger partial charge in [0.15, 0.2) is 11.5 Å². The molecular formula is C17H25NO3. The molecule has 1 amide bonds. The third kappa shape index (κ3) is 2.85. The Hall–Kier alpha value is -1.71. The first-order chi connectivity index (χ1) is 9.79. The Morgan fingerprint density at radius 1 is 1.19 bits per heavy atom. The molecule has 21 heavy (non-hydrogen) atoms. The van der Waals surface area contributed by atoms with Crippen molar-refractivity contribution in [3.8, 4) is 11.5 Å². The predicted octanol–water partition coefficient (Wildman–Crippen LogP) is 3.20. The molecule has 0 saturated carbocycles. The second-order valence-corrected chi connectivity index (χ2v) is 6.58. The van der Waals surface area contributed by atoms with E-state index in [2.05, 4.69) is 6.92 Å². The topological polar surface area (TPSA) is 38.8 Å². The largest absolute Gasteiger partial charge is 0.493 e. The fraction of sp³-hybridized carbons (Fsp3) is 0.588. The van der Waals surface area contributed by atoms with E-state index in [9.17, 15) is 4.79 Å². The molecule has 1 aromatic rings. The van der Waals surface area contributed by atoms with Crippen molar-refractivity contribution in [2.24, 2.45) is 5.41 Å². The Morgan fingerprint density at radius 3 is 2.29 bits per heavy atom. The minimum Gasteiger partial charge on any atom is -0.493 e. The van der Waals surface area contributed by atoms with Crippen LogP contribution in [0.3, 0.4) is 0 Å². The van der Waals surface area contributed by atoms with Gasteiger partial charge >= 0.3 is 0 Å². The maximum atomic E-state index is 12.6. The molecular weight excluding hydrogens is 266 g/mol. The van der Waals surface area contributed by atoms with E-state index in [1.807, 2.05) is 37.8 Å². The van der Waals surface area contributed by atoms with Gasteiger partial charge in [-0.25, -0.2) is 0 Å². The minimum absolute atomic E-state index is 0.0558. The van der Waals surface area contributed by atoms with Gasteiger partial charge in [0.05, 0.1) is 20.3 Å². The van der Waals surface area contributed by atoms with Gasteiger partial charge in [-0.2, -0.15) is 0 Å². The third-order valence-electron chi connectivity index (χ3n) is 4.09. The highest BCUT2D eigenvalue weighted by Crippen LogP contribution is 2.39. The molecule has 2 rings (SSSR count). The molecule has 0 aliphatic carbocycles. The lowest BCUT2D eigenvalue weighted by molar-refractivity contribution is -0.142. The highest BCUT2D eigenvalue weighted by molar-refractivity contribution is 5.82. The second kappa shape index (κ2) is 5.58. The molecule has 0 radical (unpaired) electrons. The average Bonchev–Trinajstić information content (AvgIpc) is 2.44. The lowest BCUT2D eigenvalue weighted by Gasteiger charge is -2.39. The molecule has 0 N–H and O–H groups in total. The van der Waals surface area contributed by atoms with Gasteiger partial charge in [-0.1, -0.05) is 20.8 Å². The molecule has 1 aliphatic rings. The van der Waals surface area contributed by atoms with Crippen molar-refractivity contribution < 1.29 is 14.3 Å². The van der Waals surface area contributed by atoms with Gasteiger partial charge in [-0.05, 0) is 36.6 Å². The van der Waals surface area contributed by atoms with Gasteiger partial charge < -0.3 is 14.4 Å². The number of amides is 1. The van der Waals surface area contributed by atoms with Crippen LogP contribution in [0.5, 0.6) is 11.5 Å². The molecule has 116 valence electrons. The monoisotopic (exact) mass is 291 g/mol. The van der Waals surface area contributed by atoms with E-state index in [-0.39, 0.29) is 17.4 Å². The molecule has 1 heterocycles. The number of ether oxygens (including phenoxy) is 2. The molecule has 0 spiro atoms. The standard InChI is InChI=1S/C17H25NO3/c1-11-13-10-15(21-6)14(20-5)9-12(13)7-8-18(11)16(19)17(2,3)4/h9-11H,7-8H2,1-6H3/t11-/m0/s1. The molecule has 0 bridgehead atoms. The van der Waals surface area contributed by atoms with Crippen LogP contribution in [0.15, 0.2) is 12.1 Å². The maximum absolute atomic E-state index is 12.6. The molecule has 1 aliphatic heterocycles. The van der Waals surface area contributed by atoms with Gasteiger partial charge in [0, 0.05) is 12.0 Å². The summed E-state index contributed by atoms with van der Waals surface area (Å²) in [6, 6.07) is 4.09. The number of carbonyl (C=O) groups is 1. The SMILES string of the molecule is COc1cc2c(cc1OC)[C@H](C)N(C(=O)C(C)(C)C)CC2. The van der Waals surface area contributed by atoms with E-state index in [1.54, 1.807) is 14.2 Å². The van der Waals surface area contributed by atoms with E-state index in [1.165, 1.54) is 5.56 Å². The number of nitrogens with zero attached hydrogens (tertiary/aromatic N) is 1. The zero-order valence-electron chi connectivity index (χ0n) is 13.8. The summed E-state index contributed by atoms with van der Waals surface area (Å²) in [5, 5.41) is 0. The van der Waals surface area contributed by atoms with Crippen molar-refractivity contribution in [3.63, 3.8) is 0 Å². The molecule has 0 aromatic heterocycles. The first-order valence-electron chi connectivity index (χ1n) is 7.35. The highest BCUT2D eigenvalue weighted by Gasteiger charge is 2.34. The Labute approximate surface area is 127 Å². The summed E-state index contributed by atoms with van der Waals surface area (Å²) in [6.45, 7) is 8.72. The summed E-state index contributed by atoms with van der Waals surface area (Å²) in [6.07, 6.45) is 0.849. The van der Waals surface area contributed by atoms with Gasteiger partial charge in [-0.3, -0.25) is 4.79 Å². The van der Waals surface area contributed by atoms with E-state index in [4.69, 9.17) is 9.47 Å². The first kappa shape index (κ1) is 15.7. The lowest BCUT2D eigenvalue weighted by atomic mass is 9.88. The van der Waals surface area contributed by atoms with Crippen LogP contribution in [0, 0.1) is 5.41 Å². The highest BCUT2D eigenvalue weighted by atomic mass is 16.5. The number of hydrogen-bond acceptors (Lipinski definition) is 3. The van der Waals surface area contributed by atoms with E-state index < -0.39 is 0 Å². The van der Waals surface area contributed by atoms with Crippen molar-refractivity contribution >= 4 is 5.91 Å². The van der Waals surface area contributed by atoms with Crippen LogP contribution in [0.1, 0.15) is 44.9 Å². The summed E-state index contributed by atoms with van der Waals surface area (Å²) in [5.74, 6) is 1.66. The van der Waals surface area contributed by atoms with Crippen LogP contribution in [0.4, 0.5) is 0 Å². The maximum Gasteiger partial charge on any atom is 0.228 e. The number of carbonyl (C=O) groups excluding carboxylic acids is 1. The van der Waals surface area contributed by atoms with Crippen LogP contribution in [-0.2, 0) is 11.2 Å². The molecule has 0 unspecified atom stereocenters. The number of rotatable bonds is 2. The Morgan fingerprint density at radius 2 is 1.76 bits per heavy atom. The molecule has 4 nitrogen and oxygen atoms in total. The average molecular weight is 291 g/mol. The normalized spacial score (nSPS) is 18.2. The van der Waals surface area contributed by atoms with Crippen molar-refractivity contribution in [3.05, 3.63) is 23.3 Å². The van der Waals surface area contributed by atoms with Crippen molar-refractivity contribution in [1.29, 1.82) is 0 Å². The summed E-state index contributed by atoms with van der Waals surface area (Å²) in [4.78, 5) is 14.6. The lowest BCUT2D eigenvalue weighted by Crippen LogP contribution is -2.44. The third-order valence-corrected chi connectivity index (χ3v) is 4.09. The quantitative estimate of drug-likeness (QED) is 0.840. The van der Waals surface area contributed by atoms with E-state index in [0.717, 1.165) is 24.3 Å². The zero-order valence-corrected chi connectivity index (χ0v) is 13.8. The fourth-order valence-corrected chi connectivity index (χ4v) is 2.85. The van der Waals surface area contributed by atoms with Crippen molar-refractivity contribution in [1.82, 2.24) is 4.90 Å². The molecule has 1 aromatic carbocycles. The molecule has 1 atom stereocenters. The van der Waals surface area contributed by atoms with Crippen LogP contribution in [-0.4, -0.2) is 31.6 Å². The van der Waals surface area contributed by atoms with Crippen molar-refractivity contribution in [2.45, 2.75) is 40.2 Å². The second-order valence-electron chi connectivity index (χ2n) is 6.58. The molecule has 4 heteroatoms. The fourth-order valence-electron chi connectivity index (χ4n) is 2.85. The summed E-state index contributed by atoms with van der Waals surface area (Å²) >= 11 is 0. The van der Waals surface area contributed by atoms with Crippen LogP contribution >= 0.6 is 0 Å². The zero-order chi connectivity index (χ0) is 15.8. The van der Waals surface area contributed by atoms with Gasteiger partial charge in [0.2, 0.25) is 5.91 Å². The van der Waals surface area contributed by atoms with Gasteiger partial charge in [0.25, 0.3) is 0 Å². The minimum atomic E-state index is -0.359. The molecule has 0 saturated heterocycles. The van der Waals surface area contributed by atoms with Crippen LogP contribution < -0.4 is 9.47 Å². The van der Waals surface area contributed by atoms with E-state index in [0.29, 0.717) is 5.75 Å². The number of methoxy groups -OCH3 is 2. The number of benzene rings is 1. The van der Waals surface area contributed by atoms with Gasteiger partial charge in [-0.15, -0.1) is 0 Å². The first-order valence-corrected chi connectivity index (χ1v) is 7.35. The van der Waals surface area contributed by atoms with E-state index >= 15 is 0 Å². The Balaban J connectivity index is 2.39. The summed E-state index contributed by atoms with van der Waals surface area (Å²) < 4.78 is 10.7. The van der Waals surface area contributed by atoms with Crippen LogP contribution in [0.2, 0.25) is 0 Å². The van der Waals surface area contributed by atoms with Crippen molar-refractivity contribution in [2.75, 3.05) is 20.8 Å².